The molecule has 96 valence electrons. The molecular formula is C16H15NO2. The van der Waals surface area contributed by atoms with Crippen LogP contribution < -0.4 is 4.74 Å². The van der Waals surface area contributed by atoms with E-state index in [0.29, 0.717) is 5.90 Å². The topological polar surface area (TPSA) is 30.8 Å². The van der Waals surface area contributed by atoms with Gasteiger partial charge in [0, 0.05) is 5.56 Å². The summed E-state index contributed by atoms with van der Waals surface area (Å²) >= 11 is 0. The molecule has 1 aliphatic rings. The molecule has 1 heterocycles. The second-order valence-electron chi connectivity index (χ2n) is 4.40. The molecule has 3 rings (SSSR count). The first-order valence-electron chi connectivity index (χ1n) is 6.18. The van der Waals surface area contributed by atoms with Crippen molar-refractivity contribution >= 4 is 5.90 Å². The Hall–Kier alpha value is -2.29. The van der Waals surface area contributed by atoms with Crippen molar-refractivity contribution in [3.63, 3.8) is 0 Å². The van der Waals surface area contributed by atoms with Gasteiger partial charge in [-0.1, -0.05) is 30.3 Å². The van der Waals surface area contributed by atoms with E-state index in [1.54, 1.807) is 14.2 Å². The van der Waals surface area contributed by atoms with Crippen LogP contribution in [0.4, 0.5) is 0 Å². The molecule has 1 aliphatic heterocycles. The number of rotatable bonds is 2. The third kappa shape index (κ3) is 1.97. The number of ether oxygens (including phenoxy) is 2. The highest BCUT2D eigenvalue weighted by molar-refractivity contribution is 5.98. The van der Waals surface area contributed by atoms with E-state index in [4.69, 9.17) is 9.47 Å². The summed E-state index contributed by atoms with van der Waals surface area (Å²) in [6.45, 7) is 0. The lowest BCUT2D eigenvalue weighted by atomic mass is 9.98. The smallest absolute Gasteiger partial charge is 0.217 e. The third-order valence-electron chi connectivity index (χ3n) is 3.36. The minimum Gasteiger partial charge on any atom is -0.497 e. The molecule has 0 fully saturated rings. The number of hydrogen-bond donors (Lipinski definition) is 0. The van der Waals surface area contributed by atoms with Crippen LogP contribution in [-0.2, 0) is 4.74 Å². The quantitative estimate of drug-likeness (QED) is 0.823. The molecular weight excluding hydrogens is 238 g/mol. The van der Waals surface area contributed by atoms with E-state index in [-0.39, 0.29) is 6.04 Å². The number of methoxy groups -OCH3 is 2. The molecule has 1 atom stereocenters. The number of benzene rings is 2. The van der Waals surface area contributed by atoms with Crippen LogP contribution in [0, 0.1) is 0 Å². The lowest BCUT2D eigenvalue weighted by Gasteiger charge is -2.10. The molecule has 3 nitrogen and oxygen atoms in total. The molecule has 0 aliphatic carbocycles. The Morgan fingerprint density at radius 1 is 0.895 bits per heavy atom. The first-order chi connectivity index (χ1) is 9.33. The summed E-state index contributed by atoms with van der Waals surface area (Å²) < 4.78 is 10.5. The Balaban J connectivity index is 2.03. The fourth-order valence-electron chi connectivity index (χ4n) is 2.39. The highest BCUT2D eigenvalue weighted by Crippen LogP contribution is 2.35. The maximum Gasteiger partial charge on any atom is 0.217 e. The Morgan fingerprint density at radius 3 is 2.32 bits per heavy atom. The van der Waals surface area contributed by atoms with E-state index in [0.717, 1.165) is 16.9 Å². The van der Waals surface area contributed by atoms with Gasteiger partial charge in [-0.3, -0.25) is 0 Å². The van der Waals surface area contributed by atoms with Gasteiger partial charge in [-0.05, 0) is 29.3 Å². The molecule has 0 bridgehead atoms. The standard InChI is InChI=1S/C16H15NO2/c1-18-12-9-7-11(8-10-12)15-13-5-3-4-6-14(13)16(17-15)19-2/h3-10,15H,1-2H3. The van der Waals surface area contributed by atoms with Crippen molar-refractivity contribution in [1.29, 1.82) is 0 Å². The summed E-state index contributed by atoms with van der Waals surface area (Å²) in [4.78, 5) is 4.65. The molecule has 0 radical (unpaired) electrons. The normalized spacial score (nSPS) is 16.7. The summed E-state index contributed by atoms with van der Waals surface area (Å²) in [5.74, 6) is 1.56. The van der Waals surface area contributed by atoms with Crippen molar-refractivity contribution in [3.05, 3.63) is 65.2 Å². The zero-order valence-electron chi connectivity index (χ0n) is 11.0. The predicted octanol–water partition coefficient (Wildman–Crippen LogP) is 3.19. The van der Waals surface area contributed by atoms with Crippen LogP contribution in [0.1, 0.15) is 22.7 Å². The van der Waals surface area contributed by atoms with Crippen LogP contribution in [0.2, 0.25) is 0 Å². The van der Waals surface area contributed by atoms with Crippen LogP contribution in [0.3, 0.4) is 0 Å². The SMILES string of the molecule is COC1=NC(c2ccc(OC)cc2)c2ccccc21. The number of fused-ring (bicyclic) bond motifs is 1. The van der Waals surface area contributed by atoms with Gasteiger partial charge >= 0.3 is 0 Å². The van der Waals surface area contributed by atoms with Crippen molar-refractivity contribution in [2.45, 2.75) is 6.04 Å². The zero-order valence-corrected chi connectivity index (χ0v) is 11.0. The Bertz CT molecular complexity index is 617. The van der Waals surface area contributed by atoms with Gasteiger partial charge in [-0.2, -0.15) is 0 Å². The minimum atomic E-state index is 0.0112. The number of hydrogen-bond acceptors (Lipinski definition) is 3. The van der Waals surface area contributed by atoms with Crippen molar-refractivity contribution in [1.82, 2.24) is 0 Å². The van der Waals surface area contributed by atoms with Crippen molar-refractivity contribution < 1.29 is 9.47 Å². The summed E-state index contributed by atoms with van der Waals surface area (Å²) in [6.07, 6.45) is 0. The average molecular weight is 253 g/mol. The molecule has 0 N–H and O–H groups in total. The summed E-state index contributed by atoms with van der Waals surface area (Å²) in [6, 6.07) is 16.2. The van der Waals surface area contributed by atoms with Gasteiger partial charge in [0.15, 0.2) is 0 Å². The van der Waals surface area contributed by atoms with Crippen LogP contribution in [0.25, 0.3) is 0 Å². The molecule has 0 saturated carbocycles. The number of nitrogens with zero attached hydrogens (tertiary/aromatic N) is 1. The Labute approximate surface area is 112 Å². The van der Waals surface area contributed by atoms with E-state index >= 15 is 0 Å². The first-order valence-corrected chi connectivity index (χ1v) is 6.18. The van der Waals surface area contributed by atoms with Gasteiger partial charge in [0.05, 0.1) is 14.2 Å². The van der Waals surface area contributed by atoms with E-state index in [1.165, 1.54) is 5.56 Å². The molecule has 0 amide bonds. The van der Waals surface area contributed by atoms with Gasteiger partial charge in [0.1, 0.15) is 11.8 Å². The van der Waals surface area contributed by atoms with Crippen LogP contribution in [0.15, 0.2) is 53.5 Å². The molecule has 19 heavy (non-hydrogen) atoms. The Morgan fingerprint density at radius 2 is 1.63 bits per heavy atom. The first kappa shape index (κ1) is 11.8. The van der Waals surface area contributed by atoms with E-state index in [2.05, 4.69) is 11.1 Å². The summed E-state index contributed by atoms with van der Waals surface area (Å²) in [7, 11) is 3.33. The molecule has 0 spiro atoms. The van der Waals surface area contributed by atoms with Crippen LogP contribution >= 0.6 is 0 Å². The molecule has 3 heteroatoms. The highest BCUT2D eigenvalue weighted by atomic mass is 16.5. The van der Waals surface area contributed by atoms with Crippen LogP contribution in [-0.4, -0.2) is 20.1 Å². The lowest BCUT2D eigenvalue weighted by molar-refractivity contribution is 0.404. The van der Waals surface area contributed by atoms with Crippen LogP contribution in [0.5, 0.6) is 5.75 Å². The molecule has 0 aromatic heterocycles. The molecule has 2 aromatic rings. The minimum absolute atomic E-state index is 0.0112. The molecule has 2 aromatic carbocycles. The maximum atomic E-state index is 5.36. The van der Waals surface area contributed by atoms with E-state index in [1.807, 2.05) is 42.5 Å². The van der Waals surface area contributed by atoms with Crippen molar-refractivity contribution in [2.75, 3.05) is 14.2 Å². The van der Waals surface area contributed by atoms with Gasteiger partial charge in [0.2, 0.25) is 5.90 Å². The predicted molar refractivity (Wildman–Crippen MR) is 74.8 cm³/mol. The second-order valence-corrected chi connectivity index (χ2v) is 4.40. The Kier molecular flexibility index (Phi) is 2.95. The van der Waals surface area contributed by atoms with Gasteiger partial charge < -0.3 is 9.47 Å². The lowest BCUT2D eigenvalue weighted by Crippen LogP contribution is -1.99. The molecule has 1 unspecified atom stereocenters. The fourth-order valence-corrected chi connectivity index (χ4v) is 2.39. The second kappa shape index (κ2) is 4.76. The monoisotopic (exact) mass is 253 g/mol. The average Bonchev–Trinajstić information content (AvgIpc) is 2.86. The van der Waals surface area contributed by atoms with Gasteiger partial charge in [0.25, 0.3) is 0 Å². The number of aliphatic imine (C=N–C) groups is 1. The van der Waals surface area contributed by atoms with E-state index < -0.39 is 0 Å². The summed E-state index contributed by atoms with van der Waals surface area (Å²) in [5.41, 5.74) is 3.40. The van der Waals surface area contributed by atoms with Crippen molar-refractivity contribution in [2.24, 2.45) is 4.99 Å². The largest absolute Gasteiger partial charge is 0.497 e. The molecule has 0 saturated heterocycles. The zero-order chi connectivity index (χ0) is 13.2. The fraction of sp³-hybridized carbons (Fsp3) is 0.188. The van der Waals surface area contributed by atoms with E-state index in [9.17, 15) is 0 Å². The maximum absolute atomic E-state index is 5.36. The highest BCUT2D eigenvalue weighted by Gasteiger charge is 2.26. The van der Waals surface area contributed by atoms with Gasteiger partial charge in [-0.25, -0.2) is 4.99 Å². The van der Waals surface area contributed by atoms with Gasteiger partial charge in [-0.15, -0.1) is 0 Å². The third-order valence-corrected chi connectivity index (χ3v) is 3.36. The van der Waals surface area contributed by atoms with Crippen molar-refractivity contribution in [3.8, 4) is 5.75 Å². The summed E-state index contributed by atoms with van der Waals surface area (Å²) in [5, 5.41) is 0.